The summed E-state index contributed by atoms with van der Waals surface area (Å²) in [6.07, 6.45) is 0. The number of nitrogens with one attached hydrogen (secondary N) is 1. The van der Waals surface area contributed by atoms with E-state index in [0.717, 1.165) is 0 Å². The topological polar surface area (TPSA) is 84.9 Å². The van der Waals surface area contributed by atoms with Crippen LogP contribution in [0.25, 0.3) is 0 Å². The summed E-state index contributed by atoms with van der Waals surface area (Å²) in [6.45, 7) is 3.41. The molecule has 1 atom stereocenters. The molecule has 0 spiro atoms. The lowest BCUT2D eigenvalue weighted by atomic mass is 10.3. The molecule has 1 unspecified atom stereocenters. The largest absolute Gasteiger partial charge is 0.490 e. The molecule has 2 N–H and O–H groups in total. The molecule has 104 valence electrons. The van der Waals surface area contributed by atoms with E-state index in [4.69, 9.17) is 14.6 Å². The first-order valence-electron chi connectivity index (χ1n) is 5.89. The molecule has 0 aliphatic carbocycles. The average Bonchev–Trinajstić information content (AvgIpc) is 2.35. The standard InChI is InChI=1S/C13H17NO5/c1-3-18-11-6-4-5-7-12(11)19-8-10(13(16)17)14-9(2)15/h4-7,10H,3,8H2,1-2H3,(H,14,15)(H,16,17). The molecular formula is C13H17NO5. The minimum absolute atomic E-state index is 0.168. The normalized spacial score (nSPS) is 11.5. The van der Waals surface area contributed by atoms with E-state index in [2.05, 4.69) is 5.32 Å². The highest BCUT2D eigenvalue weighted by Crippen LogP contribution is 2.26. The molecule has 1 amide bonds. The molecule has 0 heterocycles. The van der Waals surface area contributed by atoms with Gasteiger partial charge in [0, 0.05) is 6.92 Å². The fourth-order valence-corrected chi connectivity index (χ4v) is 1.44. The molecule has 0 radical (unpaired) electrons. The lowest BCUT2D eigenvalue weighted by Crippen LogP contribution is -2.43. The van der Waals surface area contributed by atoms with Gasteiger partial charge in [0.15, 0.2) is 17.5 Å². The van der Waals surface area contributed by atoms with Crippen molar-refractivity contribution >= 4 is 11.9 Å². The Labute approximate surface area is 111 Å². The third-order valence-corrected chi connectivity index (χ3v) is 2.23. The minimum Gasteiger partial charge on any atom is -0.490 e. The molecule has 19 heavy (non-hydrogen) atoms. The zero-order valence-electron chi connectivity index (χ0n) is 10.9. The fraction of sp³-hybridized carbons (Fsp3) is 0.385. The molecule has 0 fully saturated rings. The number of amides is 1. The lowest BCUT2D eigenvalue weighted by molar-refractivity contribution is -0.142. The van der Waals surface area contributed by atoms with E-state index in [1.54, 1.807) is 24.3 Å². The number of hydrogen-bond donors (Lipinski definition) is 2. The molecule has 0 saturated heterocycles. The molecule has 1 rings (SSSR count). The maximum Gasteiger partial charge on any atom is 0.329 e. The first-order valence-corrected chi connectivity index (χ1v) is 5.89. The van der Waals surface area contributed by atoms with Crippen LogP contribution in [-0.4, -0.2) is 36.2 Å². The van der Waals surface area contributed by atoms with Crippen molar-refractivity contribution in [2.45, 2.75) is 19.9 Å². The molecule has 6 heteroatoms. The van der Waals surface area contributed by atoms with Crippen molar-refractivity contribution in [2.75, 3.05) is 13.2 Å². The first kappa shape index (κ1) is 14.8. The van der Waals surface area contributed by atoms with E-state index in [1.807, 2.05) is 6.92 Å². The van der Waals surface area contributed by atoms with Crippen molar-refractivity contribution in [1.29, 1.82) is 0 Å². The summed E-state index contributed by atoms with van der Waals surface area (Å²) in [6, 6.07) is 5.86. The SMILES string of the molecule is CCOc1ccccc1OCC(NC(C)=O)C(=O)O. The van der Waals surface area contributed by atoms with E-state index in [0.29, 0.717) is 18.1 Å². The predicted octanol–water partition coefficient (Wildman–Crippen LogP) is 1.05. The Kier molecular flexibility index (Phi) is 5.66. The summed E-state index contributed by atoms with van der Waals surface area (Å²) in [5.41, 5.74) is 0. The third-order valence-electron chi connectivity index (χ3n) is 2.23. The summed E-state index contributed by atoms with van der Waals surface area (Å²) in [7, 11) is 0. The Morgan fingerprint density at radius 2 is 1.84 bits per heavy atom. The van der Waals surface area contributed by atoms with Crippen LogP contribution in [0.4, 0.5) is 0 Å². The number of benzene rings is 1. The second kappa shape index (κ2) is 7.25. The Balaban J connectivity index is 2.68. The molecule has 0 aliphatic rings. The van der Waals surface area contributed by atoms with Crippen LogP contribution in [0.2, 0.25) is 0 Å². The van der Waals surface area contributed by atoms with Crippen molar-refractivity contribution in [2.24, 2.45) is 0 Å². The summed E-state index contributed by atoms with van der Waals surface area (Å²) in [4.78, 5) is 21.8. The maximum atomic E-state index is 10.9. The summed E-state index contributed by atoms with van der Waals surface area (Å²) in [5, 5.41) is 11.2. The molecule has 0 bridgehead atoms. The molecule has 0 aliphatic heterocycles. The smallest absolute Gasteiger partial charge is 0.329 e. The number of carboxylic acid groups (broad SMARTS) is 1. The van der Waals surface area contributed by atoms with E-state index in [9.17, 15) is 9.59 Å². The van der Waals surface area contributed by atoms with Crippen LogP contribution in [0.5, 0.6) is 11.5 Å². The monoisotopic (exact) mass is 267 g/mol. The van der Waals surface area contributed by atoms with Gasteiger partial charge in [-0.1, -0.05) is 12.1 Å². The zero-order chi connectivity index (χ0) is 14.3. The van der Waals surface area contributed by atoms with Gasteiger partial charge < -0.3 is 19.9 Å². The lowest BCUT2D eigenvalue weighted by Gasteiger charge is -2.16. The van der Waals surface area contributed by atoms with Crippen LogP contribution >= 0.6 is 0 Å². The number of rotatable bonds is 7. The number of ether oxygens (including phenoxy) is 2. The van der Waals surface area contributed by atoms with Crippen LogP contribution in [0.15, 0.2) is 24.3 Å². The number of hydrogen-bond acceptors (Lipinski definition) is 4. The van der Waals surface area contributed by atoms with Crippen molar-refractivity contribution in [3.63, 3.8) is 0 Å². The Hall–Kier alpha value is -2.24. The quantitative estimate of drug-likeness (QED) is 0.771. The summed E-state index contributed by atoms with van der Waals surface area (Å²) >= 11 is 0. The number of carbonyl (C=O) groups is 2. The van der Waals surface area contributed by atoms with E-state index < -0.39 is 17.9 Å². The summed E-state index contributed by atoms with van der Waals surface area (Å²) in [5.74, 6) is -0.587. The number of aliphatic carboxylic acids is 1. The van der Waals surface area contributed by atoms with Crippen molar-refractivity contribution in [1.82, 2.24) is 5.32 Å². The van der Waals surface area contributed by atoms with Crippen molar-refractivity contribution < 1.29 is 24.2 Å². The van der Waals surface area contributed by atoms with Crippen molar-refractivity contribution in [3.8, 4) is 11.5 Å². The van der Waals surface area contributed by atoms with Crippen LogP contribution in [0, 0.1) is 0 Å². The number of carbonyl (C=O) groups excluding carboxylic acids is 1. The van der Waals surface area contributed by atoms with Gasteiger partial charge in [0.25, 0.3) is 0 Å². The van der Waals surface area contributed by atoms with Crippen LogP contribution in [0.1, 0.15) is 13.8 Å². The van der Waals surface area contributed by atoms with Gasteiger partial charge in [-0.25, -0.2) is 4.79 Å². The highest BCUT2D eigenvalue weighted by Gasteiger charge is 2.19. The van der Waals surface area contributed by atoms with Crippen LogP contribution in [-0.2, 0) is 9.59 Å². The Morgan fingerprint density at radius 3 is 2.32 bits per heavy atom. The molecule has 0 saturated carbocycles. The van der Waals surface area contributed by atoms with Gasteiger partial charge in [-0.15, -0.1) is 0 Å². The number of para-hydroxylation sites is 2. The molecular weight excluding hydrogens is 250 g/mol. The van der Waals surface area contributed by atoms with Gasteiger partial charge >= 0.3 is 5.97 Å². The average molecular weight is 267 g/mol. The summed E-state index contributed by atoms with van der Waals surface area (Å²) < 4.78 is 10.7. The first-order chi connectivity index (χ1) is 9.04. The fourth-order valence-electron chi connectivity index (χ4n) is 1.44. The van der Waals surface area contributed by atoms with Crippen LogP contribution in [0.3, 0.4) is 0 Å². The maximum absolute atomic E-state index is 10.9. The molecule has 6 nitrogen and oxygen atoms in total. The predicted molar refractivity (Wildman–Crippen MR) is 68.3 cm³/mol. The molecule has 1 aromatic carbocycles. The van der Waals surface area contributed by atoms with Gasteiger partial charge in [0.1, 0.15) is 6.61 Å². The van der Waals surface area contributed by atoms with Gasteiger partial charge in [0.05, 0.1) is 6.61 Å². The van der Waals surface area contributed by atoms with Gasteiger partial charge in [-0.3, -0.25) is 4.79 Å². The van der Waals surface area contributed by atoms with E-state index in [1.165, 1.54) is 6.92 Å². The van der Waals surface area contributed by atoms with Crippen molar-refractivity contribution in [3.05, 3.63) is 24.3 Å². The van der Waals surface area contributed by atoms with Crippen LogP contribution < -0.4 is 14.8 Å². The highest BCUT2D eigenvalue weighted by molar-refractivity contribution is 5.82. The number of carboxylic acids is 1. The minimum atomic E-state index is -1.15. The van der Waals surface area contributed by atoms with Gasteiger partial charge in [-0.05, 0) is 19.1 Å². The molecule has 0 aromatic heterocycles. The second-order valence-corrected chi connectivity index (χ2v) is 3.78. The third kappa shape index (κ3) is 4.87. The van der Waals surface area contributed by atoms with Gasteiger partial charge in [-0.2, -0.15) is 0 Å². The molecule has 1 aromatic rings. The van der Waals surface area contributed by atoms with E-state index >= 15 is 0 Å². The Bertz CT molecular complexity index is 446. The van der Waals surface area contributed by atoms with Gasteiger partial charge in [0.2, 0.25) is 5.91 Å². The highest BCUT2D eigenvalue weighted by atomic mass is 16.5. The second-order valence-electron chi connectivity index (χ2n) is 3.78. The Morgan fingerprint density at radius 1 is 1.26 bits per heavy atom. The van der Waals surface area contributed by atoms with E-state index in [-0.39, 0.29) is 6.61 Å². The zero-order valence-corrected chi connectivity index (χ0v) is 10.9.